The molecule has 0 unspecified atom stereocenters. The summed E-state index contributed by atoms with van der Waals surface area (Å²) >= 11 is 6.01. The van der Waals surface area contributed by atoms with E-state index in [0.29, 0.717) is 42.8 Å². The van der Waals surface area contributed by atoms with Crippen LogP contribution >= 0.6 is 11.6 Å². The summed E-state index contributed by atoms with van der Waals surface area (Å²) in [5, 5.41) is 0.252. The highest BCUT2D eigenvalue weighted by atomic mass is 35.5. The first-order valence-corrected chi connectivity index (χ1v) is 10.8. The van der Waals surface area contributed by atoms with Crippen molar-refractivity contribution in [2.45, 2.75) is 13.0 Å². The van der Waals surface area contributed by atoms with Gasteiger partial charge in [-0.1, -0.05) is 11.6 Å². The molecule has 0 aliphatic carbocycles. The van der Waals surface area contributed by atoms with Crippen LogP contribution in [-0.4, -0.2) is 57.5 Å². The first-order valence-electron chi connectivity index (χ1n) is 8.05. The topological polar surface area (TPSA) is 107 Å². The van der Waals surface area contributed by atoms with E-state index < -0.39 is 9.73 Å². The van der Waals surface area contributed by atoms with Gasteiger partial charge in [-0.25, -0.2) is 19.2 Å². The number of aromatic nitrogens is 3. The number of rotatable bonds is 3. The average Bonchev–Trinajstić information content (AvgIpc) is 2.52. The van der Waals surface area contributed by atoms with Gasteiger partial charge in [0.05, 0.1) is 19.3 Å². The predicted molar refractivity (Wildman–Crippen MR) is 104 cm³/mol. The molecule has 1 saturated heterocycles. The molecular formula is C16H21ClN6O2S. The van der Waals surface area contributed by atoms with Crippen LogP contribution < -0.4 is 10.6 Å². The van der Waals surface area contributed by atoms with E-state index in [0.717, 1.165) is 0 Å². The summed E-state index contributed by atoms with van der Waals surface area (Å²) in [4.78, 5) is 15.2. The third kappa shape index (κ3) is 4.60. The van der Waals surface area contributed by atoms with Gasteiger partial charge in [-0.05, 0) is 19.1 Å². The molecule has 26 heavy (non-hydrogen) atoms. The zero-order valence-corrected chi connectivity index (χ0v) is 16.4. The van der Waals surface area contributed by atoms with Gasteiger partial charge in [0.25, 0.3) is 0 Å². The van der Waals surface area contributed by atoms with Crippen molar-refractivity contribution in [2.75, 3.05) is 42.9 Å². The van der Waals surface area contributed by atoms with Crippen molar-refractivity contribution in [3.8, 4) is 11.4 Å². The number of nitrogens with two attached hydrogens (primary N) is 1. The van der Waals surface area contributed by atoms with Crippen LogP contribution in [0, 0.1) is 0 Å². The summed E-state index contributed by atoms with van der Waals surface area (Å²) in [5.41, 5.74) is 6.42. The monoisotopic (exact) mass is 396 g/mol. The van der Waals surface area contributed by atoms with Crippen LogP contribution in [0.15, 0.2) is 22.6 Å². The smallest absolute Gasteiger partial charge is 0.167 e. The standard InChI is InChI=1S/C16H21ClN6O2S/c1-10-9-25-5-4-23(10)15-8-14(22-26(2,3)24)20-16(21-15)11-6-12(17)19-13(18)7-11/h6-8,10H,4-5,9H2,1-3H3,(H2,18,19)/t10-/m1/s1. The fraction of sp³-hybridized carbons (Fsp3) is 0.438. The average molecular weight is 397 g/mol. The number of hydrogen-bond donors (Lipinski definition) is 1. The second-order valence-electron chi connectivity index (χ2n) is 6.40. The van der Waals surface area contributed by atoms with Crippen molar-refractivity contribution >= 4 is 38.8 Å². The minimum absolute atomic E-state index is 0.151. The number of ether oxygens (including phenoxy) is 1. The van der Waals surface area contributed by atoms with Crippen LogP contribution in [0.4, 0.5) is 17.5 Å². The van der Waals surface area contributed by atoms with Crippen molar-refractivity contribution < 1.29 is 8.95 Å². The molecule has 1 aliphatic heterocycles. The SMILES string of the molecule is C[C@@H]1COCCN1c1cc(N=S(C)(C)=O)nc(-c2cc(N)nc(Cl)c2)n1. The van der Waals surface area contributed by atoms with Crippen LogP contribution in [0.5, 0.6) is 0 Å². The third-order valence-electron chi connectivity index (χ3n) is 3.75. The van der Waals surface area contributed by atoms with E-state index in [4.69, 9.17) is 22.1 Å². The van der Waals surface area contributed by atoms with E-state index in [1.165, 1.54) is 0 Å². The van der Waals surface area contributed by atoms with Crippen LogP contribution in [0.2, 0.25) is 5.15 Å². The molecule has 140 valence electrons. The quantitative estimate of drug-likeness (QED) is 0.793. The Morgan fingerprint density at radius 1 is 1.31 bits per heavy atom. The highest BCUT2D eigenvalue weighted by Gasteiger charge is 2.22. The second kappa shape index (κ2) is 7.34. The fourth-order valence-electron chi connectivity index (χ4n) is 2.68. The summed E-state index contributed by atoms with van der Waals surface area (Å²) in [5.74, 6) is 1.72. The summed E-state index contributed by atoms with van der Waals surface area (Å²) in [6.07, 6.45) is 3.13. The van der Waals surface area contributed by atoms with Crippen LogP contribution in [0.25, 0.3) is 11.4 Å². The molecule has 0 aromatic carbocycles. The first kappa shape index (κ1) is 18.8. The van der Waals surface area contributed by atoms with E-state index in [1.54, 1.807) is 30.7 Å². The molecule has 1 fully saturated rings. The summed E-state index contributed by atoms with van der Waals surface area (Å²) in [7, 11) is -2.38. The Bertz CT molecular complexity index is 916. The fourth-order valence-corrected chi connectivity index (χ4v) is 3.44. The molecular weight excluding hydrogens is 376 g/mol. The lowest BCUT2D eigenvalue weighted by Crippen LogP contribution is -2.44. The van der Waals surface area contributed by atoms with Crippen LogP contribution in [0.1, 0.15) is 6.92 Å². The number of nitrogens with zero attached hydrogens (tertiary/aromatic N) is 5. The van der Waals surface area contributed by atoms with Crippen LogP contribution in [0.3, 0.4) is 0 Å². The second-order valence-corrected chi connectivity index (χ2v) is 9.33. The highest BCUT2D eigenvalue weighted by molar-refractivity contribution is 7.92. The minimum atomic E-state index is -2.38. The minimum Gasteiger partial charge on any atom is -0.384 e. The van der Waals surface area contributed by atoms with Gasteiger partial charge >= 0.3 is 0 Å². The Labute approximate surface area is 157 Å². The molecule has 0 saturated carbocycles. The van der Waals surface area contributed by atoms with Gasteiger partial charge in [0.1, 0.15) is 16.8 Å². The summed E-state index contributed by atoms with van der Waals surface area (Å²) < 4.78 is 21.9. The Balaban J connectivity index is 2.15. The summed E-state index contributed by atoms with van der Waals surface area (Å²) in [6.45, 7) is 3.98. The number of pyridine rings is 1. The lowest BCUT2D eigenvalue weighted by molar-refractivity contribution is 0.0985. The van der Waals surface area contributed by atoms with E-state index >= 15 is 0 Å². The molecule has 2 aromatic heterocycles. The lowest BCUT2D eigenvalue weighted by Gasteiger charge is -2.34. The van der Waals surface area contributed by atoms with Gasteiger partial charge in [0.15, 0.2) is 11.6 Å². The molecule has 2 N–H and O–H groups in total. The number of morpholine rings is 1. The predicted octanol–water partition coefficient (Wildman–Crippen LogP) is 2.36. The Hall–Kier alpha value is -1.97. The molecule has 10 heteroatoms. The third-order valence-corrected chi connectivity index (χ3v) is 4.57. The Morgan fingerprint density at radius 2 is 2.08 bits per heavy atom. The first-order chi connectivity index (χ1) is 12.2. The van der Waals surface area contributed by atoms with Gasteiger partial charge in [0.2, 0.25) is 0 Å². The Kier molecular flexibility index (Phi) is 5.31. The van der Waals surface area contributed by atoms with Crippen molar-refractivity contribution in [1.82, 2.24) is 15.0 Å². The maximum Gasteiger partial charge on any atom is 0.167 e. The highest BCUT2D eigenvalue weighted by Crippen LogP contribution is 2.28. The molecule has 3 rings (SSSR count). The van der Waals surface area contributed by atoms with Crippen LogP contribution in [-0.2, 0) is 14.5 Å². The van der Waals surface area contributed by atoms with Crippen molar-refractivity contribution in [2.24, 2.45) is 4.36 Å². The molecule has 0 spiro atoms. The molecule has 1 atom stereocenters. The van der Waals surface area contributed by atoms with E-state index in [9.17, 15) is 4.21 Å². The normalized spacial score (nSPS) is 18.0. The lowest BCUT2D eigenvalue weighted by atomic mass is 10.2. The number of nitrogen functional groups attached to an aromatic ring is 1. The Morgan fingerprint density at radius 3 is 2.73 bits per heavy atom. The van der Waals surface area contributed by atoms with Gasteiger partial charge in [-0.2, -0.15) is 4.36 Å². The number of hydrogen-bond acceptors (Lipinski definition) is 8. The molecule has 3 heterocycles. The molecule has 0 radical (unpaired) electrons. The van der Waals surface area contributed by atoms with E-state index in [2.05, 4.69) is 31.1 Å². The van der Waals surface area contributed by atoms with Gasteiger partial charge in [-0.3, -0.25) is 0 Å². The van der Waals surface area contributed by atoms with Crippen molar-refractivity contribution in [1.29, 1.82) is 0 Å². The molecule has 0 amide bonds. The van der Waals surface area contributed by atoms with Crippen molar-refractivity contribution in [3.63, 3.8) is 0 Å². The summed E-state index contributed by atoms with van der Waals surface area (Å²) in [6, 6.07) is 5.17. The van der Waals surface area contributed by atoms with Gasteiger partial charge in [0, 0.05) is 40.4 Å². The largest absolute Gasteiger partial charge is 0.384 e. The van der Waals surface area contributed by atoms with Gasteiger partial charge < -0.3 is 15.4 Å². The molecule has 8 nitrogen and oxygen atoms in total. The molecule has 0 bridgehead atoms. The maximum absolute atomic E-state index is 12.2. The zero-order chi connectivity index (χ0) is 18.9. The molecule has 1 aliphatic rings. The zero-order valence-electron chi connectivity index (χ0n) is 14.8. The maximum atomic E-state index is 12.2. The number of halogens is 1. The molecule has 2 aromatic rings. The van der Waals surface area contributed by atoms with E-state index in [-0.39, 0.29) is 17.0 Å². The van der Waals surface area contributed by atoms with E-state index in [1.807, 2.05) is 0 Å². The number of anilines is 2. The van der Waals surface area contributed by atoms with Gasteiger partial charge in [-0.15, -0.1) is 0 Å². The van der Waals surface area contributed by atoms with Crippen molar-refractivity contribution in [3.05, 3.63) is 23.4 Å².